The van der Waals surface area contributed by atoms with Gasteiger partial charge in [0.15, 0.2) is 0 Å². The van der Waals surface area contributed by atoms with Gasteiger partial charge in [0, 0.05) is 11.3 Å². The van der Waals surface area contributed by atoms with Gasteiger partial charge in [-0.1, -0.05) is 154 Å². The molecule has 2 heteroatoms. The van der Waals surface area contributed by atoms with E-state index in [2.05, 4.69) is 139 Å². The fraction of sp³-hybridized carbons (Fsp3) is 0.333. The van der Waals surface area contributed by atoms with Crippen molar-refractivity contribution in [2.24, 2.45) is 0 Å². The Morgan fingerprint density at radius 3 is 1.13 bits per heavy atom. The SMILES string of the molecule is CC(C)(C)[P@]1Cc2ccccc2-c2ccccc2[C@@H]1[C@H]1c2ccccc2-c2ccccc2C[P@@]1C(C)(C)C. The normalized spacial score (nSPS) is 22.8. The highest BCUT2D eigenvalue weighted by atomic mass is 31.1. The van der Waals surface area contributed by atoms with Crippen LogP contribution in [0.4, 0.5) is 0 Å². The average Bonchev–Trinajstić information content (AvgIpc) is 3.13. The molecule has 0 saturated heterocycles. The molecule has 194 valence electrons. The monoisotopic (exact) mass is 534 g/mol. The molecule has 0 fully saturated rings. The quantitative estimate of drug-likeness (QED) is 0.213. The van der Waals surface area contributed by atoms with E-state index in [1.54, 1.807) is 11.1 Å². The minimum Gasteiger partial charge on any atom is -0.0880 e. The Hall–Kier alpha value is -2.26. The van der Waals surface area contributed by atoms with Gasteiger partial charge in [0.25, 0.3) is 0 Å². The predicted octanol–water partition coefficient (Wildman–Crippen LogP) is 11.4. The van der Waals surface area contributed by atoms with Crippen LogP contribution >= 0.6 is 15.8 Å². The minimum absolute atomic E-state index is 0.234. The lowest BCUT2D eigenvalue weighted by Crippen LogP contribution is -2.25. The Labute approximate surface area is 232 Å². The predicted molar refractivity (Wildman–Crippen MR) is 170 cm³/mol. The van der Waals surface area contributed by atoms with Crippen molar-refractivity contribution < 1.29 is 0 Å². The third kappa shape index (κ3) is 4.49. The van der Waals surface area contributed by atoms with Crippen molar-refractivity contribution in [1.82, 2.24) is 0 Å². The van der Waals surface area contributed by atoms with E-state index in [1.807, 2.05) is 0 Å². The van der Waals surface area contributed by atoms with Gasteiger partial charge in [0.1, 0.15) is 0 Å². The van der Waals surface area contributed by atoms with E-state index in [0.29, 0.717) is 11.3 Å². The molecule has 4 atom stereocenters. The summed E-state index contributed by atoms with van der Waals surface area (Å²) in [6, 6.07) is 37.4. The number of benzene rings is 4. The van der Waals surface area contributed by atoms with Gasteiger partial charge in [-0.2, -0.15) is 0 Å². The summed E-state index contributed by atoms with van der Waals surface area (Å²) in [4.78, 5) is 0. The fourth-order valence-corrected chi connectivity index (χ4v) is 14.1. The van der Waals surface area contributed by atoms with Crippen LogP contribution in [0.1, 0.15) is 75.1 Å². The highest BCUT2D eigenvalue weighted by molar-refractivity contribution is 7.63. The van der Waals surface area contributed by atoms with Crippen LogP contribution in [-0.2, 0) is 12.3 Å². The summed E-state index contributed by atoms with van der Waals surface area (Å²) in [6.45, 7) is 15.1. The first kappa shape index (κ1) is 26.0. The molecule has 0 spiro atoms. The zero-order valence-electron chi connectivity index (χ0n) is 23.7. The molecule has 0 bridgehead atoms. The molecule has 0 aromatic heterocycles. The molecule has 0 N–H and O–H groups in total. The molecular formula is C36H40P2. The van der Waals surface area contributed by atoms with Crippen LogP contribution in [0.3, 0.4) is 0 Å². The van der Waals surface area contributed by atoms with E-state index >= 15 is 0 Å². The molecule has 0 amide bonds. The van der Waals surface area contributed by atoms with Gasteiger partial charge in [-0.05, 0) is 67.1 Å². The van der Waals surface area contributed by atoms with Crippen molar-refractivity contribution in [3.05, 3.63) is 119 Å². The van der Waals surface area contributed by atoms with Crippen molar-refractivity contribution >= 4 is 15.8 Å². The number of hydrogen-bond acceptors (Lipinski definition) is 0. The van der Waals surface area contributed by atoms with Gasteiger partial charge in [0.2, 0.25) is 0 Å². The van der Waals surface area contributed by atoms with Gasteiger partial charge in [0.05, 0.1) is 0 Å². The van der Waals surface area contributed by atoms with Crippen LogP contribution in [0.25, 0.3) is 22.3 Å². The van der Waals surface area contributed by atoms with E-state index in [9.17, 15) is 0 Å². The number of rotatable bonds is 1. The van der Waals surface area contributed by atoms with Gasteiger partial charge in [-0.25, -0.2) is 0 Å². The van der Waals surface area contributed by atoms with Crippen LogP contribution in [0.2, 0.25) is 0 Å². The molecule has 2 aliphatic heterocycles. The van der Waals surface area contributed by atoms with Gasteiger partial charge in [-0.15, -0.1) is 0 Å². The molecule has 0 nitrogen and oxygen atoms in total. The fourth-order valence-electron chi connectivity index (χ4n) is 6.73. The Bertz CT molecular complexity index is 1360. The Kier molecular flexibility index (Phi) is 6.66. The van der Waals surface area contributed by atoms with Crippen molar-refractivity contribution in [3.8, 4) is 22.3 Å². The van der Waals surface area contributed by atoms with Crippen molar-refractivity contribution in [1.29, 1.82) is 0 Å². The second-order valence-electron chi connectivity index (χ2n) is 13.0. The van der Waals surface area contributed by atoms with Crippen LogP contribution < -0.4 is 0 Å². The molecule has 0 aliphatic carbocycles. The molecule has 0 saturated carbocycles. The van der Waals surface area contributed by atoms with Gasteiger partial charge in [-0.3, -0.25) is 0 Å². The summed E-state index contributed by atoms with van der Waals surface area (Å²) in [6.07, 6.45) is 2.38. The molecule has 2 aliphatic rings. The topological polar surface area (TPSA) is 0 Å². The van der Waals surface area contributed by atoms with Crippen LogP contribution in [-0.4, -0.2) is 10.3 Å². The second-order valence-corrected chi connectivity index (χ2v) is 19.3. The van der Waals surface area contributed by atoms with Crippen LogP contribution in [0, 0.1) is 0 Å². The molecular weight excluding hydrogens is 494 g/mol. The maximum Gasteiger partial charge on any atom is 0.0164 e. The highest BCUT2D eigenvalue weighted by Crippen LogP contribution is 2.78. The Morgan fingerprint density at radius 1 is 0.447 bits per heavy atom. The second kappa shape index (κ2) is 9.73. The zero-order valence-corrected chi connectivity index (χ0v) is 25.5. The maximum atomic E-state index is 2.51. The third-order valence-corrected chi connectivity index (χ3v) is 16.1. The lowest BCUT2D eigenvalue weighted by atomic mass is 9.89. The molecule has 4 aromatic rings. The maximum absolute atomic E-state index is 2.51. The molecule has 4 aromatic carbocycles. The lowest BCUT2D eigenvalue weighted by Gasteiger charge is -2.47. The van der Waals surface area contributed by atoms with Crippen molar-refractivity contribution in [2.45, 2.75) is 75.5 Å². The first-order valence-corrected chi connectivity index (χ1v) is 17.2. The lowest BCUT2D eigenvalue weighted by molar-refractivity contribution is 0.723. The van der Waals surface area contributed by atoms with Crippen LogP contribution in [0.5, 0.6) is 0 Å². The van der Waals surface area contributed by atoms with E-state index < -0.39 is 0 Å². The summed E-state index contributed by atoms with van der Waals surface area (Å²) in [5, 5.41) is 0.467. The highest BCUT2D eigenvalue weighted by Gasteiger charge is 2.47. The van der Waals surface area contributed by atoms with E-state index in [-0.39, 0.29) is 26.2 Å². The summed E-state index contributed by atoms with van der Waals surface area (Å²) >= 11 is 0. The number of fused-ring (bicyclic) bond motifs is 6. The first-order valence-electron chi connectivity index (χ1n) is 14.0. The minimum atomic E-state index is -0.369. The zero-order chi connectivity index (χ0) is 26.7. The number of hydrogen-bond donors (Lipinski definition) is 0. The Morgan fingerprint density at radius 2 is 0.763 bits per heavy atom. The van der Waals surface area contributed by atoms with E-state index in [4.69, 9.17) is 0 Å². The molecule has 0 radical (unpaired) electrons. The summed E-state index contributed by atoms with van der Waals surface area (Å²) in [7, 11) is -0.737. The molecule has 38 heavy (non-hydrogen) atoms. The van der Waals surface area contributed by atoms with Gasteiger partial charge >= 0.3 is 0 Å². The summed E-state index contributed by atoms with van der Waals surface area (Å²) < 4.78 is 0. The average molecular weight is 535 g/mol. The largest absolute Gasteiger partial charge is 0.0880 e. The first-order chi connectivity index (χ1) is 18.1. The van der Waals surface area contributed by atoms with Crippen molar-refractivity contribution in [2.75, 3.05) is 0 Å². The molecule has 2 heterocycles. The summed E-state index contributed by atoms with van der Waals surface area (Å²) in [5.41, 5.74) is 13.1. The van der Waals surface area contributed by atoms with E-state index in [1.165, 1.54) is 45.7 Å². The van der Waals surface area contributed by atoms with Crippen LogP contribution in [0.15, 0.2) is 97.1 Å². The van der Waals surface area contributed by atoms with Gasteiger partial charge < -0.3 is 0 Å². The smallest absolute Gasteiger partial charge is 0.0164 e. The molecule has 0 unspecified atom stereocenters. The summed E-state index contributed by atoms with van der Waals surface area (Å²) in [5.74, 6) is 0. The Balaban J connectivity index is 1.68. The third-order valence-electron chi connectivity index (χ3n) is 8.55. The van der Waals surface area contributed by atoms with Crippen molar-refractivity contribution in [3.63, 3.8) is 0 Å². The molecule has 6 rings (SSSR count). The standard InChI is InChI=1S/C36H40P2/c1-35(2,3)37-23-25-15-7-9-17-27(25)29-19-11-13-21-31(29)33(37)34-32-22-14-12-20-30(32)28-18-10-8-16-26(28)24-38(34)36(4,5)6/h7-22,33-34H,23-24H2,1-6H3/t33-,34-,37-,38-/m1/s1. The van der Waals surface area contributed by atoms with E-state index in [0.717, 1.165) is 0 Å².